The molecular formula is C22H23F4N7O. The van der Waals surface area contributed by atoms with E-state index in [9.17, 15) is 17.6 Å². The fourth-order valence-corrected chi connectivity index (χ4v) is 4.44. The summed E-state index contributed by atoms with van der Waals surface area (Å²) in [5.41, 5.74) is 2.72. The molecule has 8 nitrogen and oxygen atoms in total. The van der Waals surface area contributed by atoms with Gasteiger partial charge < -0.3 is 19.6 Å². The molecule has 4 aromatic heterocycles. The maximum Gasteiger partial charge on any atom is 0.256 e. The van der Waals surface area contributed by atoms with Crippen LogP contribution in [0, 0.1) is 6.92 Å². The largest absolute Gasteiger partial charge is 0.480 e. The van der Waals surface area contributed by atoms with Gasteiger partial charge in [0.25, 0.3) is 6.43 Å². The number of aromatic amines is 1. The van der Waals surface area contributed by atoms with Crippen LogP contribution < -0.4 is 10.1 Å². The number of alkyl halides is 4. The molecule has 0 aliphatic heterocycles. The summed E-state index contributed by atoms with van der Waals surface area (Å²) in [6, 6.07) is 1.60. The van der Waals surface area contributed by atoms with E-state index in [-0.39, 0.29) is 24.8 Å². The van der Waals surface area contributed by atoms with Crippen LogP contribution in [-0.4, -0.2) is 55.0 Å². The molecule has 0 amide bonds. The Kier molecular flexibility index (Phi) is 5.53. The number of imidazole rings is 1. The number of methoxy groups -OCH3 is 1. The third-order valence-corrected chi connectivity index (χ3v) is 6.17. The van der Waals surface area contributed by atoms with Crippen molar-refractivity contribution in [2.45, 2.75) is 57.5 Å². The van der Waals surface area contributed by atoms with Crippen LogP contribution in [0.1, 0.15) is 31.5 Å². The Morgan fingerprint density at radius 1 is 1.24 bits per heavy atom. The zero-order valence-corrected chi connectivity index (χ0v) is 18.6. The second-order valence-electron chi connectivity index (χ2n) is 8.48. The Hall–Kier alpha value is -3.44. The monoisotopic (exact) mass is 477 g/mol. The average molecular weight is 477 g/mol. The van der Waals surface area contributed by atoms with Crippen LogP contribution >= 0.6 is 0 Å². The predicted molar refractivity (Wildman–Crippen MR) is 119 cm³/mol. The lowest BCUT2D eigenvalue weighted by atomic mass is 9.92. The first kappa shape index (κ1) is 22.4. The number of pyridine rings is 1. The first-order chi connectivity index (χ1) is 16.2. The van der Waals surface area contributed by atoms with Crippen molar-refractivity contribution in [2.75, 3.05) is 12.4 Å². The maximum absolute atomic E-state index is 13.5. The Labute approximate surface area is 191 Å². The summed E-state index contributed by atoms with van der Waals surface area (Å²) < 4.78 is 60.0. The molecule has 4 aromatic rings. The normalized spacial score (nSPS) is 16.6. The standard InChI is InChI=1S/C22H23F4N7O/c1-11-29-18-15(33(11)10-16(23)24)7-12(8-27-18)14-9-28-19-17(14)20(34-2)32-21(31-19)30-13-3-5-22(25,26)6-4-13/h7-9,13,16H,3-6,10H2,1-2H3,(H2,28,30,31,32). The molecule has 0 saturated heterocycles. The third-order valence-electron chi connectivity index (χ3n) is 6.17. The van der Waals surface area contributed by atoms with Gasteiger partial charge in [0.15, 0.2) is 5.65 Å². The van der Waals surface area contributed by atoms with E-state index in [0.717, 1.165) is 0 Å². The molecule has 12 heteroatoms. The lowest BCUT2D eigenvalue weighted by Crippen LogP contribution is -2.32. The van der Waals surface area contributed by atoms with Crippen molar-refractivity contribution >= 4 is 28.1 Å². The number of aryl methyl sites for hydroxylation is 1. The minimum absolute atomic E-state index is 0.152. The molecule has 1 fully saturated rings. The highest BCUT2D eigenvalue weighted by molar-refractivity contribution is 5.98. The molecular weight excluding hydrogens is 454 g/mol. The summed E-state index contributed by atoms with van der Waals surface area (Å²) in [5, 5.41) is 3.73. The minimum Gasteiger partial charge on any atom is -0.480 e. The summed E-state index contributed by atoms with van der Waals surface area (Å²) >= 11 is 0. The first-order valence-electron chi connectivity index (χ1n) is 10.9. The smallest absolute Gasteiger partial charge is 0.256 e. The summed E-state index contributed by atoms with van der Waals surface area (Å²) in [4.78, 5) is 20.7. The van der Waals surface area contributed by atoms with Gasteiger partial charge in [-0.25, -0.2) is 27.5 Å². The number of rotatable bonds is 6. The molecule has 1 aliphatic rings. The van der Waals surface area contributed by atoms with Crippen LogP contribution in [0.5, 0.6) is 5.88 Å². The number of halogens is 4. The highest BCUT2D eigenvalue weighted by Crippen LogP contribution is 2.37. The number of hydrogen-bond acceptors (Lipinski definition) is 6. The minimum atomic E-state index is -2.62. The second-order valence-corrected chi connectivity index (χ2v) is 8.48. The van der Waals surface area contributed by atoms with Gasteiger partial charge in [0.1, 0.15) is 11.5 Å². The SMILES string of the molecule is COc1nc(NC2CCC(F)(F)CC2)nc2[nH]cc(-c3cnc4nc(C)n(CC(F)F)c4c3)c12. The molecule has 2 N–H and O–H groups in total. The van der Waals surface area contributed by atoms with Crippen LogP contribution in [-0.2, 0) is 6.54 Å². The number of anilines is 1. The average Bonchev–Trinajstić information content (AvgIpc) is 3.35. The third kappa shape index (κ3) is 4.12. The molecule has 180 valence electrons. The van der Waals surface area contributed by atoms with E-state index in [2.05, 4.69) is 30.2 Å². The summed E-state index contributed by atoms with van der Waals surface area (Å²) in [5.74, 6) is -1.58. The number of nitrogens with one attached hydrogen (secondary N) is 2. The fourth-order valence-electron chi connectivity index (χ4n) is 4.44. The topological polar surface area (TPSA) is 93.5 Å². The quantitative estimate of drug-likeness (QED) is 0.382. The van der Waals surface area contributed by atoms with Gasteiger partial charge in [0.2, 0.25) is 17.8 Å². The van der Waals surface area contributed by atoms with Gasteiger partial charge in [0.05, 0.1) is 24.6 Å². The van der Waals surface area contributed by atoms with Crippen molar-refractivity contribution in [3.63, 3.8) is 0 Å². The molecule has 1 saturated carbocycles. The fraction of sp³-hybridized carbons (Fsp3) is 0.455. The summed E-state index contributed by atoms with van der Waals surface area (Å²) in [6.45, 7) is 1.18. The van der Waals surface area contributed by atoms with E-state index < -0.39 is 18.9 Å². The molecule has 1 aliphatic carbocycles. The maximum atomic E-state index is 13.5. The van der Waals surface area contributed by atoms with Gasteiger partial charge in [-0.15, -0.1) is 0 Å². The van der Waals surface area contributed by atoms with E-state index in [1.54, 1.807) is 25.4 Å². The highest BCUT2D eigenvalue weighted by atomic mass is 19.3. The van der Waals surface area contributed by atoms with Crippen LogP contribution in [0.2, 0.25) is 0 Å². The molecule has 4 heterocycles. The molecule has 0 spiro atoms. The van der Waals surface area contributed by atoms with Crippen molar-refractivity contribution in [1.82, 2.24) is 29.5 Å². The molecule has 0 unspecified atom stereocenters. The van der Waals surface area contributed by atoms with Crippen molar-refractivity contribution in [2.24, 2.45) is 0 Å². The van der Waals surface area contributed by atoms with Crippen molar-refractivity contribution in [1.29, 1.82) is 0 Å². The van der Waals surface area contributed by atoms with Gasteiger partial charge in [-0.3, -0.25) is 0 Å². The van der Waals surface area contributed by atoms with Gasteiger partial charge in [0, 0.05) is 42.4 Å². The zero-order chi connectivity index (χ0) is 24.0. The van der Waals surface area contributed by atoms with Gasteiger partial charge in [-0.2, -0.15) is 9.97 Å². The zero-order valence-electron chi connectivity index (χ0n) is 18.6. The molecule has 5 rings (SSSR count). The van der Waals surface area contributed by atoms with E-state index in [0.29, 0.717) is 57.9 Å². The number of aromatic nitrogens is 6. The molecule has 0 bridgehead atoms. The lowest BCUT2D eigenvalue weighted by molar-refractivity contribution is -0.0361. The van der Waals surface area contributed by atoms with Crippen LogP contribution in [0.25, 0.3) is 33.3 Å². The van der Waals surface area contributed by atoms with Crippen LogP contribution in [0.15, 0.2) is 18.5 Å². The number of H-pyrrole nitrogens is 1. The van der Waals surface area contributed by atoms with E-state index in [1.165, 1.54) is 11.7 Å². The molecule has 0 aromatic carbocycles. The Morgan fingerprint density at radius 3 is 2.71 bits per heavy atom. The van der Waals surface area contributed by atoms with Crippen molar-refractivity contribution in [3.05, 3.63) is 24.3 Å². The summed E-state index contributed by atoms with van der Waals surface area (Å²) in [7, 11) is 1.48. The number of ether oxygens (including phenoxy) is 1. The number of fused-ring (bicyclic) bond motifs is 2. The number of nitrogens with zero attached hydrogens (tertiary/aromatic N) is 5. The van der Waals surface area contributed by atoms with E-state index in [1.807, 2.05) is 0 Å². The Morgan fingerprint density at radius 2 is 2.00 bits per heavy atom. The van der Waals surface area contributed by atoms with Gasteiger partial charge in [-0.05, 0) is 25.8 Å². The number of hydrogen-bond donors (Lipinski definition) is 2. The van der Waals surface area contributed by atoms with Crippen molar-refractivity contribution < 1.29 is 22.3 Å². The van der Waals surface area contributed by atoms with Crippen molar-refractivity contribution in [3.8, 4) is 17.0 Å². The van der Waals surface area contributed by atoms with E-state index in [4.69, 9.17) is 4.74 Å². The molecule has 0 atom stereocenters. The van der Waals surface area contributed by atoms with Crippen LogP contribution in [0.4, 0.5) is 23.5 Å². The highest BCUT2D eigenvalue weighted by Gasteiger charge is 2.35. The lowest BCUT2D eigenvalue weighted by Gasteiger charge is -2.28. The summed E-state index contributed by atoms with van der Waals surface area (Å²) in [6.07, 6.45) is 1.10. The molecule has 0 radical (unpaired) electrons. The van der Waals surface area contributed by atoms with Gasteiger partial charge >= 0.3 is 0 Å². The van der Waals surface area contributed by atoms with Gasteiger partial charge in [-0.1, -0.05) is 0 Å². The Bertz CT molecular complexity index is 1340. The van der Waals surface area contributed by atoms with Crippen LogP contribution in [0.3, 0.4) is 0 Å². The predicted octanol–water partition coefficient (Wildman–Crippen LogP) is 4.94. The Balaban J connectivity index is 1.51. The molecule has 34 heavy (non-hydrogen) atoms. The second kappa shape index (κ2) is 8.41. The van der Waals surface area contributed by atoms with E-state index >= 15 is 0 Å². The first-order valence-corrected chi connectivity index (χ1v) is 10.9.